The Balaban J connectivity index is 2.38. The maximum absolute atomic E-state index is 6.06. The Kier molecular flexibility index (Phi) is 2.32. The first kappa shape index (κ1) is 8.02. The van der Waals surface area contributed by atoms with Crippen molar-refractivity contribution < 1.29 is 0 Å². The predicted molar refractivity (Wildman–Crippen MR) is 43.7 cm³/mol. The third-order valence-electron chi connectivity index (χ3n) is 2.73. The molecule has 10 heavy (non-hydrogen) atoms. The van der Waals surface area contributed by atoms with Gasteiger partial charge in [0.05, 0.1) is 0 Å². The zero-order valence-corrected chi connectivity index (χ0v) is 6.77. The van der Waals surface area contributed by atoms with Crippen molar-refractivity contribution in [3.63, 3.8) is 0 Å². The van der Waals surface area contributed by atoms with Crippen molar-refractivity contribution in [2.24, 2.45) is 11.5 Å². The molecule has 1 aliphatic carbocycles. The highest BCUT2D eigenvalue weighted by Crippen LogP contribution is 2.27. The summed E-state index contributed by atoms with van der Waals surface area (Å²) in [5, 5.41) is 0. The lowest BCUT2D eigenvalue weighted by molar-refractivity contribution is 0.266. The van der Waals surface area contributed by atoms with E-state index in [0.717, 1.165) is 32.1 Å². The second kappa shape index (κ2) is 2.89. The van der Waals surface area contributed by atoms with E-state index in [9.17, 15) is 0 Å². The highest BCUT2D eigenvalue weighted by Gasteiger charge is 2.27. The Hall–Kier alpha value is -0.0800. The molecule has 4 N–H and O–H groups in total. The summed E-state index contributed by atoms with van der Waals surface area (Å²) >= 11 is 0. The second-order valence-corrected chi connectivity index (χ2v) is 3.55. The summed E-state index contributed by atoms with van der Waals surface area (Å²) in [4.78, 5) is 0. The fourth-order valence-electron chi connectivity index (χ4n) is 1.57. The average molecular weight is 142 g/mol. The van der Waals surface area contributed by atoms with Crippen LogP contribution in [0.5, 0.6) is 0 Å². The maximum atomic E-state index is 6.06. The van der Waals surface area contributed by atoms with Crippen molar-refractivity contribution in [2.45, 2.75) is 50.6 Å². The van der Waals surface area contributed by atoms with Gasteiger partial charge >= 0.3 is 0 Å². The molecule has 0 aromatic heterocycles. The van der Waals surface area contributed by atoms with Crippen LogP contribution in [0.25, 0.3) is 0 Å². The van der Waals surface area contributed by atoms with Gasteiger partial charge in [0, 0.05) is 11.6 Å². The van der Waals surface area contributed by atoms with E-state index in [1.807, 2.05) is 0 Å². The van der Waals surface area contributed by atoms with Gasteiger partial charge in [-0.15, -0.1) is 0 Å². The number of nitrogens with two attached hydrogens (primary N) is 2. The number of hydrogen-bond acceptors (Lipinski definition) is 2. The summed E-state index contributed by atoms with van der Waals surface area (Å²) in [5.74, 6) is 0. The molecule has 0 aliphatic heterocycles. The van der Waals surface area contributed by atoms with Crippen LogP contribution in [0, 0.1) is 0 Å². The van der Waals surface area contributed by atoms with E-state index in [-0.39, 0.29) is 5.54 Å². The minimum atomic E-state index is 0.121. The molecule has 0 atom stereocenters. The second-order valence-electron chi connectivity index (χ2n) is 3.55. The molecule has 0 saturated heterocycles. The fraction of sp³-hybridized carbons (Fsp3) is 1.00. The Labute approximate surface area is 63.0 Å². The lowest BCUT2D eigenvalue weighted by Crippen LogP contribution is -2.45. The summed E-state index contributed by atoms with van der Waals surface area (Å²) < 4.78 is 0. The summed E-state index contributed by atoms with van der Waals surface area (Å²) in [5.41, 5.74) is 11.9. The van der Waals surface area contributed by atoms with E-state index in [1.165, 1.54) is 0 Å². The molecular weight excluding hydrogens is 124 g/mol. The van der Waals surface area contributed by atoms with Gasteiger partial charge in [-0.2, -0.15) is 0 Å². The zero-order chi connectivity index (χ0) is 7.61. The van der Waals surface area contributed by atoms with Gasteiger partial charge in [-0.05, 0) is 32.1 Å². The Morgan fingerprint density at radius 2 is 1.90 bits per heavy atom. The maximum Gasteiger partial charge on any atom is 0.0152 e. The van der Waals surface area contributed by atoms with Crippen LogP contribution < -0.4 is 11.5 Å². The van der Waals surface area contributed by atoms with Crippen LogP contribution >= 0.6 is 0 Å². The molecule has 1 rings (SSSR count). The highest BCUT2D eigenvalue weighted by molar-refractivity contribution is 4.89. The average Bonchev–Trinajstić information content (AvgIpc) is 1.96. The van der Waals surface area contributed by atoms with E-state index < -0.39 is 0 Å². The molecule has 2 nitrogen and oxygen atoms in total. The summed E-state index contributed by atoms with van der Waals surface area (Å²) in [6, 6.07) is 0.420. The first-order chi connectivity index (χ1) is 4.66. The van der Waals surface area contributed by atoms with Crippen LogP contribution in [0.1, 0.15) is 39.0 Å². The Morgan fingerprint density at radius 3 is 2.30 bits per heavy atom. The van der Waals surface area contributed by atoms with E-state index in [0.29, 0.717) is 6.04 Å². The largest absolute Gasteiger partial charge is 0.328 e. The monoisotopic (exact) mass is 142 g/mol. The minimum absolute atomic E-state index is 0.121. The molecule has 1 saturated carbocycles. The van der Waals surface area contributed by atoms with Gasteiger partial charge in [0.15, 0.2) is 0 Å². The van der Waals surface area contributed by atoms with Gasteiger partial charge in [-0.25, -0.2) is 0 Å². The molecule has 0 aromatic rings. The smallest absolute Gasteiger partial charge is 0.0152 e. The molecule has 0 radical (unpaired) electrons. The number of rotatable bonds is 1. The van der Waals surface area contributed by atoms with Gasteiger partial charge < -0.3 is 11.5 Å². The molecule has 0 aromatic carbocycles. The number of hydrogen-bond donors (Lipinski definition) is 2. The summed E-state index contributed by atoms with van der Waals surface area (Å²) in [6.07, 6.45) is 5.56. The lowest BCUT2D eigenvalue weighted by atomic mass is 9.79. The van der Waals surface area contributed by atoms with Crippen LogP contribution in [0.3, 0.4) is 0 Å². The summed E-state index contributed by atoms with van der Waals surface area (Å²) in [7, 11) is 0. The van der Waals surface area contributed by atoms with Crippen molar-refractivity contribution in [3.05, 3.63) is 0 Å². The molecule has 0 unspecified atom stereocenters. The van der Waals surface area contributed by atoms with Gasteiger partial charge in [0.1, 0.15) is 0 Å². The molecular formula is C8H18N2. The minimum Gasteiger partial charge on any atom is -0.328 e. The zero-order valence-electron chi connectivity index (χ0n) is 6.77. The Bertz CT molecular complexity index is 104. The molecule has 60 valence electrons. The van der Waals surface area contributed by atoms with Crippen molar-refractivity contribution >= 4 is 0 Å². The van der Waals surface area contributed by atoms with Crippen molar-refractivity contribution in [1.82, 2.24) is 0 Å². The van der Waals surface area contributed by atoms with Crippen LogP contribution in [-0.4, -0.2) is 11.6 Å². The quantitative estimate of drug-likeness (QED) is 0.573. The van der Waals surface area contributed by atoms with Crippen LogP contribution in [-0.2, 0) is 0 Å². The van der Waals surface area contributed by atoms with E-state index >= 15 is 0 Å². The van der Waals surface area contributed by atoms with Crippen LogP contribution in [0.2, 0.25) is 0 Å². The molecule has 1 fully saturated rings. The van der Waals surface area contributed by atoms with Gasteiger partial charge in [0.2, 0.25) is 0 Å². The van der Waals surface area contributed by atoms with Crippen molar-refractivity contribution in [3.8, 4) is 0 Å². The Morgan fingerprint density at radius 1 is 1.40 bits per heavy atom. The van der Waals surface area contributed by atoms with Crippen LogP contribution in [0.15, 0.2) is 0 Å². The first-order valence-corrected chi connectivity index (χ1v) is 4.21. The third-order valence-corrected chi connectivity index (χ3v) is 2.73. The normalized spacial score (nSPS) is 41.7. The topological polar surface area (TPSA) is 52.0 Å². The van der Waals surface area contributed by atoms with Crippen molar-refractivity contribution in [2.75, 3.05) is 0 Å². The first-order valence-electron chi connectivity index (χ1n) is 4.21. The highest BCUT2D eigenvalue weighted by atomic mass is 14.8. The van der Waals surface area contributed by atoms with E-state index in [2.05, 4.69) is 6.92 Å². The standard InChI is InChI=1S/C8H18N2/c1-2-8(10)5-3-7(9)4-6-8/h7H,2-6,9-10H2,1H3. The third kappa shape index (κ3) is 1.70. The molecule has 0 spiro atoms. The predicted octanol–water partition coefficient (Wildman–Crippen LogP) is 0.995. The molecule has 1 aliphatic rings. The van der Waals surface area contributed by atoms with Crippen molar-refractivity contribution in [1.29, 1.82) is 0 Å². The molecule has 2 heteroatoms. The van der Waals surface area contributed by atoms with Gasteiger partial charge in [-0.3, -0.25) is 0 Å². The summed E-state index contributed by atoms with van der Waals surface area (Å²) in [6.45, 7) is 2.16. The lowest BCUT2D eigenvalue weighted by Gasteiger charge is -2.35. The SMILES string of the molecule is CCC1(N)CCC(N)CC1. The van der Waals surface area contributed by atoms with E-state index in [4.69, 9.17) is 11.5 Å². The molecule has 0 amide bonds. The van der Waals surface area contributed by atoms with Gasteiger partial charge in [-0.1, -0.05) is 6.92 Å². The molecule has 0 heterocycles. The van der Waals surface area contributed by atoms with Gasteiger partial charge in [0.25, 0.3) is 0 Å². The van der Waals surface area contributed by atoms with E-state index in [1.54, 1.807) is 0 Å². The molecule has 0 bridgehead atoms. The fourth-order valence-corrected chi connectivity index (χ4v) is 1.57. The van der Waals surface area contributed by atoms with Crippen LogP contribution in [0.4, 0.5) is 0 Å².